The quantitative estimate of drug-likeness (QED) is 0.611. The summed E-state index contributed by atoms with van der Waals surface area (Å²) in [5.74, 6) is -1.24. The highest BCUT2D eigenvalue weighted by Crippen LogP contribution is 2.28. The lowest BCUT2D eigenvalue weighted by molar-refractivity contribution is -0.145. The number of halogens is 3. The predicted octanol–water partition coefficient (Wildman–Crippen LogP) is 1.16. The van der Waals surface area contributed by atoms with Crippen LogP contribution in [0.15, 0.2) is 11.1 Å². The van der Waals surface area contributed by atoms with Gasteiger partial charge in [-0.15, -0.1) is 11.8 Å². The molecular formula is C7H8F3N3OS. The fourth-order valence-electron chi connectivity index (χ4n) is 0.794. The van der Waals surface area contributed by atoms with Gasteiger partial charge in [0.15, 0.2) is 0 Å². The second kappa shape index (κ2) is 4.67. The second-order valence-corrected chi connectivity index (χ2v) is 3.64. The predicted molar refractivity (Wildman–Crippen MR) is 49.3 cm³/mol. The van der Waals surface area contributed by atoms with Crippen LogP contribution in [0.25, 0.3) is 0 Å². The summed E-state index contributed by atoms with van der Waals surface area (Å²) >= 11 is 0.984. The lowest BCUT2D eigenvalue weighted by Crippen LogP contribution is -2.13. The number of nitrogens with zero attached hydrogens (tertiary/aromatic N) is 2. The third kappa shape index (κ3) is 3.56. The van der Waals surface area contributed by atoms with E-state index in [1.54, 1.807) is 0 Å². The largest absolute Gasteiger partial charge is 0.451 e. The van der Waals surface area contributed by atoms with Crippen LogP contribution in [0.3, 0.4) is 0 Å². The topological polar surface area (TPSA) is 72.0 Å². The van der Waals surface area contributed by atoms with E-state index in [1.165, 1.54) is 6.07 Å². The number of nitrogens with two attached hydrogens (primary N) is 1. The molecule has 15 heavy (non-hydrogen) atoms. The standard InChI is InChI=1S/C7H8F3N3OS/c8-7(9,10)6-12-4(11)3-5(13-6)15-2-1-14/h3,14H,1-2H2,(H2,11,12,13). The molecule has 1 heterocycles. The summed E-state index contributed by atoms with van der Waals surface area (Å²) in [5, 5.41) is 8.61. The normalized spacial score (nSPS) is 11.7. The molecule has 0 radical (unpaired) electrons. The Labute approximate surface area is 87.7 Å². The van der Waals surface area contributed by atoms with Gasteiger partial charge < -0.3 is 10.8 Å². The van der Waals surface area contributed by atoms with Crippen molar-refractivity contribution in [3.05, 3.63) is 11.9 Å². The van der Waals surface area contributed by atoms with Gasteiger partial charge >= 0.3 is 6.18 Å². The number of hydrogen-bond acceptors (Lipinski definition) is 5. The molecule has 0 atom stereocenters. The lowest BCUT2D eigenvalue weighted by Gasteiger charge is -2.07. The molecule has 0 unspecified atom stereocenters. The van der Waals surface area contributed by atoms with Crippen LogP contribution in [0.1, 0.15) is 5.82 Å². The summed E-state index contributed by atoms with van der Waals surface area (Å²) in [5.41, 5.74) is 5.20. The van der Waals surface area contributed by atoms with Gasteiger partial charge in [0.1, 0.15) is 10.8 Å². The number of alkyl halides is 3. The van der Waals surface area contributed by atoms with Gasteiger partial charge in [-0.05, 0) is 0 Å². The highest BCUT2D eigenvalue weighted by molar-refractivity contribution is 7.99. The fourth-order valence-corrected chi connectivity index (χ4v) is 1.45. The number of anilines is 1. The molecule has 4 nitrogen and oxygen atoms in total. The Balaban J connectivity index is 2.95. The maximum atomic E-state index is 12.2. The minimum Gasteiger partial charge on any atom is -0.396 e. The van der Waals surface area contributed by atoms with E-state index in [4.69, 9.17) is 10.8 Å². The monoisotopic (exact) mass is 239 g/mol. The van der Waals surface area contributed by atoms with Crippen molar-refractivity contribution in [3.8, 4) is 0 Å². The molecule has 0 saturated carbocycles. The van der Waals surface area contributed by atoms with Crippen LogP contribution >= 0.6 is 11.8 Å². The van der Waals surface area contributed by atoms with Crippen LogP contribution in [0.4, 0.5) is 19.0 Å². The molecule has 0 aromatic carbocycles. The molecule has 1 aromatic heterocycles. The summed E-state index contributed by atoms with van der Waals surface area (Å²) in [4.78, 5) is 6.36. The number of thioether (sulfide) groups is 1. The Morgan fingerprint density at radius 3 is 2.60 bits per heavy atom. The van der Waals surface area contributed by atoms with Gasteiger partial charge in [-0.25, -0.2) is 9.97 Å². The number of aliphatic hydroxyl groups is 1. The number of hydrogen-bond donors (Lipinski definition) is 2. The Morgan fingerprint density at radius 2 is 2.07 bits per heavy atom. The van der Waals surface area contributed by atoms with E-state index in [0.29, 0.717) is 0 Å². The van der Waals surface area contributed by atoms with E-state index in [9.17, 15) is 13.2 Å². The van der Waals surface area contributed by atoms with Gasteiger partial charge in [0.05, 0.1) is 6.61 Å². The zero-order valence-corrected chi connectivity index (χ0v) is 8.27. The SMILES string of the molecule is Nc1cc(SCCO)nc(C(F)(F)F)n1. The molecule has 3 N–H and O–H groups in total. The molecule has 0 aliphatic carbocycles. The summed E-state index contributed by atoms with van der Waals surface area (Å²) < 4.78 is 36.7. The highest BCUT2D eigenvalue weighted by atomic mass is 32.2. The van der Waals surface area contributed by atoms with Crippen LogP contribution in [0, 0.1) is 0 Å². The molecule has 0 spiro atoms. The van der Waals surface area contributed by atoms with E-state index < -0.39 is 12.0 Å². The van der Waals surface area contributed by atoms with Gasteiger partial charge in [0.25, 0.3) is 0 Å². The third-order valence-electron chi connectivity index (χ3n) is 1.32. The van der Waals surface area contributed by atoms with E-state index >= 15 is 0 Å². The van der Waals surface area contributed by atoms with Gasteiger partial charge in [0, 0.05) is 11.8 Å². The van der Waals surface area contributed by atoms with Crippen molar-refractivity contribution in [1.29, 1.82) is 0 Å². The van der Waals surface area contributed by atoms with Crippen LogP contribution in [0.2, 0.25) is 0 Å². The first-order chi connectivity index (χ1) is 6.93. The molecule has 0 fully saturated rings. The van der Waals surface area contributed by atoms with Gasteiger partial charge in [-0.1, -0.05) is 0 Å². The van der Waals surface area contributed by atoms with Gasteiger partial charge in [-0.3, -0.25) is 0 Å². The zero-order valence-electron chi connectivity index (χ0n) is 7.45. The number of aliphatic hydroxyl groups excluding tert-OH is 1. The van der Waals surface area contributed by atoms with Crippen LogP contribution < -0.4 is 5.73 Å². The van der Waals surface area contributed by atoms with Crippen molar-refractivity contribution in [3.63, 3.8) is 0 Å². The maximum absolute atomic E-state index is 12.2. The fraction of sp³-hybridized carbons (Fsp3) is 0.429. The summed E-state index contributed by atoms with van der Waals surface area (Å²) in [6, 6.07) is 1.23. The number of nitrogen functional groups attached to an aromatic ring is 1. The first-order valence-electron chi connectivity index (χ1n) is 3.89. The molecule has 8 heteroatoms. The van der Waals surface area contributed by atoms with Crippen LogP contribution in [-0.2, 0) is 6.18 Å². The maximum Gasteiger partial charge on any atom is 0.451 e. The lowest BCUT2D eigenvalue weighted by atomic mass is 10.5. The highest BCUT2D eigenvalue weighted by Gasteiger charge is 2.35. The number of rotatable bonds is 3. The summed E-state index contributed by atoms with van der Waals surface area (Å²) in [6.45, 7) is -0.143. The van der Waals surface area contributed by atoms with Crippen molar-refractivity contribution in [2.24, 2.45) is 0 Å². The smallest absolute Gasteiger partial charge is 0.396 e. The van der Waals surface area contributed by atoms with Crippen molar-refractivity contribution in [2.75, 3.05) is 18.1 Å². The van der Waals surface area contributed by atoms with E-state index in [2.05, 4.69) is 9.97 Å². The van der Waals surface area contributed by atoms with E-state index in [1.807, 2.05) is 0 Å². The van der Waals surface area contributed by atoms with Crippen LogP contribution in [0.5, 0.6) is 0 Å². The molecule has 0 amide bonds. The number of aromatic nitrogens is 2. The van der Waals surface area contributed by atoms with Crippen LogP contribution in [-0.4, -0.2) is 27.4 Å². The summed E-state index contributed by atoms with van der Waals surface area (Å²) in [7, 11) is 0. The Kier molecular flexibility index (Phi) is 3.75. The molecule has 1 aromatic rings. The van der Waals surface area contributed by atoms with Gasteiger partial charge in [-0.2, -0.15) is 13.2 Å². The minimum absolute atomic E-state index is 0.101. The molecule has 0 aliphatic rings. The van der Waals surface area contributed by atoms with E-state index in [-0.39, 0.29) is 23.2 Å². The Bertz CT molecular complexity index is 345. The first kappa shape index (κ1) is 12.1. The van der Waals surface area contributed by atoms with Crippen molar-refractivity contribution < 1.29 is 18.3 Å². The molecule has 0 aliphatic heterocycles. The molecule has 0 saturated heterocycles. The van der Waals surface area contributed by atoms with Crippen molar-refractivity contribution in [2.45, 2.75) is 11.2 Å². The molecule has 1 rings (SSSR count). The van der Waals surface area contributed by atoms with Crippen molar-refractivity contribution in [1.82, 2.24) is 9.97 Å². The Hall–Kier alpha value is -1.02. The average Bonchev–Trinajstić information content (AvgIpc) is 2.12. The zero-order chi connectivity index (χ0) is 11.5. The average molecular weight is 239 g/mol. The van der Waals surface area contributed by atoms with Crippen molar-refractivity contribution >= 4 is 17.6 Å². The third-order valence-corrected chi connectivity index (χ3v) is 2.21. The first-order valence-corrected chi connectivity index (χ1v) is 4.87. The molecular weight excluding hydrogens is 231 g/mol. The molecule has 0 bridgehead atoms. The molecule has 84 valence electrons. The second-order valence-electron chi connectivity index (χ2n) is 2.52. The van der Waals surface area contributed by atoms with E-state index in [0.717, 1.165) is 11.8 Å². The van der Waals surface area contributed by atoms with Gasteiger partial charge in [0.2, 0.25) is 5.82 Å². The Morgan fingerprint density at radius 1 is 1.40 bits per heavy atom. The summed E-state index contributed by atoms with van der Waals surface area (Å²) in [6.07, 6.45) is -4.61. The minimum atomic E-state index is -4.61.